The maximum atomic E-state index is 10.6. The van der Waals surface area contributed by atoms with Gasteiger partial charge in [-0.3, -0.25) is 9.59 Å². The summed E-state index contributed by atoms with van der Waals surface area (Å²) >= 11 is 0. The normalized spacial score (nSPS) is 9.20. The summed E-state index contributed by atoms with van der Waals surface area (Å²) in [5.41, 5.74) is 22.8. The van der Waals surface area contributed by atoms with Crippen molar-refractivity contribution in [1.29, 1.82) is 0 Å². The van der Waals surface area contributed by atoms with Gasteiger partial charge in [0.05, 0.1) is 0 Å². The second kappa shape index (κ2) is 6.79. The molecule has 0 aromatic heterocycles. The first-order valence-electron chi connectivity index (χ1n) is 5.71. The van der Waals surface area contributed by atoms with Gasteiger partial charge in [0.2, 0.25) is 11.8 Å². The summed E-state index contributed by atoms with van der Waals surface area (Å²) in [5, 5.41) is 0. The van der Waals surface area contributed by atoms with E-state index in [4.69, 9.17) is 22.9 Å². The van der Waals surface area contributed by atoms with Crippen LogP contribution < -0.4 is 22.9 Å². The molecule has 6 nitrogen and oxygen atoms in total. The fourth-order valence-electron chi connectivity index (χ4n) is 1.32. The number of benzene rings is 2. The zero-order valence-electron chi connectivity index (χ0n) is 10.7. The lowest BCUT2D eigenvalue weighted by Crippen LogP contribution is -2.14. The molecule has 0 spiro atoms. The predicted molar refractivity (Wildman–Crippen MR) is 78.7 cm³/mol. The molecule has 0 aliphatic rings. The van der Waals surface area contributed by atoms with Crippen molar-refractivity contribution in [2.45, 2.75) is 0 Å². The van der Waals surface area contributed by atoms with Crippen molar-refractivity contribution in [2.75, 3.05) is 11.5 Å². The van der Waals surface area contributed by atoms with Crippen LogP contribution >= 0.6 is 0 Å². The average Bonchev–Trinajstić information content (AvgIpc) is 2.43. The molecule has 0 bridgehead atoms. The fourth-order valence-corrected chi connectivity index (χ4v) is 1.32. The summed E-state index contributed by atoms with van der Waals surface area (Å²) in [4.78, 5) is 21.3. The maximum absolute atomic E-state index is 10.6. The molecule has 2 amide bonds. The minimum absolute atomic E-state index is 0.284. The second-order valence-electron chi connectivity index (χ2n) is 3.98. The zero-order valence-corrected chi connectivity index (χ0v) is 10.7. The van der Waals surface area contributed by atoms with Crippen molar-refractivity contribution in [3.63, 3.8) is 0 Å². The highest BCUT2D eigenvalue weighted by Gasteiger charge is 2.03. The molecule has 2 aromatic rings. The van der Waals surface area contributed by atoms with Crippen molar-refractivity contribution in [3.8, 4) is 0 Å². The van der Waals surface area contributed by atoms with E-state index >= 15 is 0 Å². The first-order chi connectivity index (χ1) is 9.40. The Labute approximate surface area is 116 Å². The number of hydrogen-bond acceptors (Lipinski definition) is 4. The SMILES string of the molecule is NC(=O)c1cccc(C(N)=O)c1.Nc1ccc(N)cc1. The van der Waals surface area contributed by atoms with Crippen LogP contribution in [0.5, 0.6) is 0 Å². The van der Waals surface area contributed by atoms with Gasteiger partial charge in [-0.05, 0) is 42.5 Å². The van der Waals surface area contributed by atoms with E-state index in [-0.39, 0.29) is 11.1 Å². The molecule has 0 atom stereocenters. The summed E-state index contributed by atoms with van der Waals surface area (Å²) in [5.74, 6) is -1.14. The van der Waals surface area contributed by atoms with E-state index in [1.165, 1.54) is 18.2 Å². The molecule has 0 saturated carbocycles. The molecule has 0 radical (unpaired) electrons. The molecule has 20 heavy (non-hydrogen) atoms. The molecule has 0 heterocycles. The number of nitrogens with two attached hydrogens (primary N) is 4. The zero-order chi connectivity index (χ0) is 15.1. The number of hydrogen-bond donors (Lipinski definition) is 4. The van der Waals surface area contributed by atoms with Crippen LogP contribution in [0.1, 0.15) is 20.7 Å². The van der Waals surface area contributed by atoms with Gasteiger partial charge in [-0.2, -0.15) is 0 Å². The van der Waals surface area contributed by atoms with Gasteiger partial charge in [-0.25, -0.2) is 0 Å². The highest BCUT2D eigenvalue weighted by Crippen LogP contribution is 2.05. The summed E-state index contributed by atoms with van der Waals surface area (Å²) in [7, 11) is 0. The summed E-state index contributed by atoms with van der Waals surface area (Å²) < 4.78 is 0. The lowest BCUT2D eigenvalue weighted by molar-refractivity contribution is 0.0999. The monoisotopic (exact) mass is 272 g/mol. The molecular weight excluding hydrogens is 256 g/mol. The molecule has 0 fully saturated rings. The van der Waals surface area contributed by atoms with Crippen molar-refractivity contribution in [2.24, 2.45) is 11.5 Å². The van der Waals surface area contributed by atoms with E-state index in [1.807, 2.05) is 0 Å². The molecule has 8 N–H and O–H groups in total. The predicted octanol–water partition coefficient (Wildman–Crippen LogP) is 0.735. The molecule has 2 rings (SSSR count). The third-order valence-electron chi connectivity index (χ3n) is 2.37. The number of nitrogen functional groups attached to an aromatic ring is 2. The molecule has 0 saturated heterocycles. The Morgan fingerprint density at radius 1 is 0.700 bits per heavy atom. The minimum atomic E-state index is -0.571. The lowest BCUT2D eigenvalue weighted by Gasteiger charge is -1.97. The van der Waals surface area contributed by atoms with Crippen LogP contribution in [0.25, 0.3) is 0 Å². The first-order valence-corrected chi connectivity index (χ1v) is 5.71. The van der Waals surface area contributed by atoms with Crippen LogP contribution in [0.15, 0.2) is 48.5 Å². The van der Waals surface area contributed by atoms with E-state index in [0.717, 1.165) is 11.4 Å². The molecular formula is C14H16N4O2. The number of carbonyl (C=O) groups is 2. The van der Waals surface area contributed by atoms with Gasteiger partial charge < -0.3 is 22.9 Å². The Morgan fingerprint density at radius 2 is 1.05 bits per heavy atom. The van der Waals surface area contributed by atoms with Crippen LogP contribution in [0, 0.1) is 0 Å². The highest BCUT2D eigenvalue weighted by molar-refractivity contribution is 5.98. The third-order valence-corrected chi connectivity index (χ3v) is 2.37. The van der Waals surface area contributed by atoms with Crippen LogP contribution in [0.4, 0.5) is 11.4 Å². The van der Waals surface area contributed by atoms with E-state index in [1.54, 1.807) is 30.3 Å². The molecule has 0 aliphatic carbocycles. The summed E-state index contributed by atoms with van der Waals surface area (Å²) in [6.45, 7) is 0. The van der Waals surface area contributed by atoms with Gasteiger partial charge in [-0.1, -0.05) is 6.07 Å². The van der Waals surface area contributed by atoms with Gasteiger partial charge >= 0.3 is 0 Å². The molecule has 0 aliphatic heterocycles. The molecule has 104 valence electrons. The van der Waals surface area contributed by atoms with Crippen LogP contribution in [-0.4, -0.2) is 11.8 Å². The maximum Gasteiger partial charge on any atom is 0.248 e. The molecule has 2 aromatic carbocycles. The summed E-state index contributed by atoms with van der Waals surface area (Å²) in [6.07, 6.45) is 0. The van der Waals surface area contributed by atoms with Gasteiger partial charge in [0, 0.05) is 22.5 Å². The Bertz CT molecular complexity index is 559. The molecule has 0 unspecified atom stereocenters. The summed E-state index contributed by atoms with van der Waals surface area (Å²) in [6, 6.07) is 13.1. The van der Waals surface area contributed by atoms with Gasteiger partial charge in [0.1, 0.15) is 0 Å². The van der Waals surface area contributed by atoms with Gasteiger partial charge in [0.25, 0.3) is 0 Å². The van der Waals surface area contributed by atoms with Gasteiger partial charge in [0.15, 0.2) is 0 Å². The number of amides is 2. The van der Waals surface area contributed by atoms with E-state index in [0.29, 0.717) is 0 Å². The Kier molecular flexibility index (Phi) is 5.11. The van der Waals surface area contributed by atoms with Crippen LogP contribution in [0.3, 0.4) is 0 Å². The van der Waals surface area contributed by atoms with Crippen LogP contribution in [-0.2, 0) is 0 Å². The number of carbonyl (C=O) groups excluding carboxylic acids is 2. The van der Waals surface area contributed by atoms with Crippen molar-refractivity contribution in [1.82, 2.24) is 0 Å². The topological polar surface area (TPSA) is 138 Å². The van der Waals surface area contributed by atoms with E-state index in [2.05, 4.69) is 0 Å². The fraction of sp³-hybridized carbons (Fsp3) is 0. The van der Waals surface area contributed by atoms with E-state index in [9.17, 15) is 9.59 Å². The highest BCUT2D eigenvalue weighted by atomic mass is 16.1. The van der Waals surface area contributed by atoms with Gasteiger partial charge in [-0.15, -0.1) is 0 Å². The minimum Gasteiger partial charge on any atom is -0.399 e. The third kappa shape index (κ3) is 4.69. The van der Waals surface area contributed by atoms with Crippen LogP contribution in [0.2, 0.25) is 0 Å². The first kappa shape index (κ1) is 15.0. The van der Waals surface area contributed by atoms with E-state index < -0.39 is 11.8 Å². The Hall–Kier alpha value is -3.02. The molecule has 6 heteroatoms. The van der Waals surface area contributed by atoms with Crippen molar-refractivity contribution >= 4 is 23.2 Å². The Morgan fingerprint density at radius 3 is 1.35 bits per heavy atom. The Balaban J connectivity index is 0.000000217. The second-order valence-corrected chi connectivity index (χ2v) is 3.98. The number of anilines is 2. The number of primary amides is 2. The lowest BCUT2D eigenvalue weighted by atomic mass is 10.1. The average molecular weight is 272 g/mol. The standard InChI is InChI=1S/C8H8N2O2.C6H8N2/c9-7(11)5-2-1-3-6(4-5)8(10)12;7-5-1-2-6(8)4-3-5/h1-4H,(H2,9,11)(H2,10,12);1-4H,7-8H2. The largest absolute Gasteiger partial charge is 0.399 e. The number of rotatable bonds is 2. The quantitative estimate of drug-likeness (QED) is 0.598. The smallest absolute Gasteiger partial charge is 0.248 e. The van der Waals surface area contributed by atoms with Crippen molar-refractivity contribution in [3.05, 3.63) is 59.7 Å². The van der Waals surface area contributed by atoms with Crippen molar-refractivity contribution < 1.29 is 9.59 Å².